The van der Waals surface area contributed by atoms with Crippen LogP contribution in [0.25, 0.3) is 6.08 Å². The van der Waals surface area contributed by atoms with Crippen LogP contribution < -0.4 is 5.32 Å². The van der Waals surface area contributed by atoms with E-state index in [-0.39, 0.29) is 10.8 Å². The van der Waals surface area contributed by atoms with E-state index in [2.05, 4.69) is 12.2 Å². The van der Waals surface area contributed by atoms with Crippen molar-refractivity contribution < 1.29 is 17.6 Å². The standard InChI is InChI=1S/C18H19NO4S/c1-12-10-16(12)17-8-6-14(23-17)7-9-18(20)19-13-4-3-5-15(11-13)24(2,21)22/h3-9,11-12,16H,10H2,1-2H3,(H,19,20). The molecule has 1 aliphatic carbocycles. The molecule has 1 aliphatic rings. The largest absolute Gasteiger partial charge is 0.461 e. The van der Waals surface area contributed by atoms with Crippen LogP contribution in [0.1, 0.15) is 30.8 Å². The number of sulfone groups is 1. The van der Waals surface area contributed by atoms with Gasteiger partial charge in [-0.2, -0.15) is 0 Å². The van der Waals surface area contributed by atoms with Gasteiger partial charge >= 0.3 is 0 Å². The maximum absolute atomic E-state index is 12.0. The highest BCUT2D eigenvalue weighted by atomic mass is 32.2. The Bertz CT molecular complexity index is 895. The zero-order valence-corrected chi connectivity index (χ0v) is 14.3. The molecule has 0 bridgehead atoms. The summed E-state index contributed by atoms with van der Waals surface area (Å²) in [6.07, 6.45) is 5.25. The fraction of sp³-hybridized carbons (Fsp3) is 0.278. The van der Waals surface area contributed by atoms with Crippen molar-refractivity contribution in [1.29, 1.82) is 0 Å². The summed E-state index contributed by atoms with van der Waals surface area (Å²) in [7, 11) is -3.30. The van der Waals surface area contributed by atoms with Crippen LogP contribution in [0.4, 0.5) is 5.69 Å². The molecular formula is C18H19NO4S. The van der Waals surface area contributed by atoms with Gasteiger partial charge in [0.05, 0.1) is 4.90 Å². The number of hydrogen-bond donors (Lipinski definition) is 1. The Morgan fingerprint density at radius 1 is 1.29 bits per heavy atom. The van der Waals surface area contributed by atoms with Gasteiger partial charge in [0.2, 0.25) is 5.91 Å². The average molecular weight is 345 g/mol. The van der Waals surface area contributed by atoms with Crippen molar-refractivity contribution in [2.75, 3.05) is 11.6 Å². The Morgan fingerprint density at radius 3 is 2.71 bits per heavy atom. The van der Waals surface area contributed by atoms with Crippen LogP contribution in [0.15, 0.2) is 51.8 Å². The molecule has 126 valence electrons. The normalized spacial score (nSPS) is 20.2. The minimum atomic E-state index is -3.30. The molecule has 1 amide bonds. The zero-order valence-electron chi connectivity index (χ0n) is 13.5. The number of hydrogen-bond acceptors (Lipinski definition) is 4. The van der Waals surface area contributed by atoms with Gasteiger partial charge in [-0.15, -0.1) is 0 Å². The minimum Gasteiger partial charge on any atom is -0.461 e. The smallest absolute Gasteiger partial charge is 0.248 e. The quantitative estimate of drug-likeness (QED) is 0.842. The van der Waals surface area contributed by atoms with Crippen LogP contribution in [0.5, 0.6) is 0 Å². The van der Waals surface area contributed by atoms with Gasteiger partial charge < -0.3 is 9.73 Å². The van der Waals surface area contributed by atoms with Gasteiger partial charge in [-0.05, 0) is 48.7 Å². The molecule has 2 aromatic rings. The molecule has 3 rings (SSSR count). The SMILES string of the molecule is CC1CC1c1ccc(C=CC(=O)Nc2cccc(S(C)(=O)=O)c2)o1. The second-order valence-electron chi connectivity index (χ2n) is 6.18. The van der Waals surface area contributed by atoms with Crippen LogP contribution in [0.2, 0.25) is 0 Å². The topological polar surface area (TPSA) is 76.4 Å². The molecule has 1 saturated carbocycles. The van der Waals surface area contributed by atoms with E-state index in [1.807, 2.05) is 12.1 Å². The first-order valence-electron chi connectivity index (χ1n) is 7.72. The lowest BCUT2D eigenvalue weighted by molar-refractivity contribution is -0.111. The zero-order chi connectivity index (χ0) is 17.3. The van der Waals surface area contributed by atoms with Gasteiger partial charge in [0.15, 0.2) is 9.84 Å². The number of nitrogens with one attached hydrogen (secondary N) is 1. The second kappa shape index (κ2) is 6.28. The van der Waals surface area contributed by atoms with Crippen molar-refractivity contribution >= 4 is 27.5 Å². The molecule has 1 N–H and O–H groups in total. The summed E-state index contributed by atoms with van der Waals surface area (Å²) in [5, 5.41) is 2.64. The predicted molar refractivity (Wildman–Crippen MR) is 92.4 cm³/mol. The minimum absolute atomic E-state index is 0.165. The molecule has 0 spiro atoms. The molecule has 5 nitrogen and oxygen atoms in total. The second-order valence-corrected chi connectivity index (χ2v) is 8.20. The molecule has 2 atom stereocenters. The number of anilines is 1. The summed E-state index contributed by atoms with van der Waals surface area (Å²) in [6, 6.07) is 9.94. The Labute approximate surface area is 141 Å². The lowest BCUT2D eigenvalue weighted by Gasteiger charge is -2.04. The van der Waals surface area contributed by atoms with Crippen LogP contribution in [-0.2, 0) is 14.6 Å². The summed E-state index contributed by atoms with van der Waals surface area (Å²) in [5.41, 5.74) is 0.430. The number of benzene rings is 1. The number of carbonyl (C=O) groups excluding carboxylic acids is 1. The molecule has 2 unspecified atom stereocenters. The summed E-state index contributed by atoms with van der Waals surface area (Å²) >= 11 is 0. The Hall–Kier alpha value is -2.34. The van der Waals surface area contributed by atoms with Crippen LogP contribution >= 0.6 is 0 Å². The molecule has 6 heteroatoms. The van der Waals surface area contributed by atoms with Gasteiger partial charge in [0.1, 0.15) is 11.5 Å². The summed E-state index contributed by atoms with van der Waals surface area (Å²) in [6.45, 7) is 2.18. The fourth-order valence-corrected chi connectivity index (χ4v) is 3.19. The molecule has 1 heterocycles. The highest BCUT2D eigenvalue weighted by molar-refractivity contribution is 7.90. The molecule has 1 fully saturated rings. The van der Waals surface area contributed by atoms with Crippen molar-refractivity contribution in [3.05, 3.63) is 54.0 Å². The Morgan fingerprint density at radius 2 is 2.04 bits per heavy atom. The molecule has 0 saturated heterocycles. The van der Waals surface area contributed by atoms with Crippen LogP contribution in [-0.4, -0.2) is 20.6 Å². The fourth-order valence-electron chi connectivity index (χ4n) is 2.52. The maximum Gasteiger partial charge on any atom is 0.248 e. The van der Waals surface area contributed by atoms with Gasteiger partial charge in [-0.25, -0.2) is 8.42 Å². The van der Waals surface area contributed by atoms with Gasteiger partial charge in [-0.1, -0.05) is 13.0 Å². The van der Waals surface area contributed by atoms with Crippen molar-refractivity contribution in [2.24, 2.45) is 5.92 Å². The molecule has 1 aromatic carbocycles. The van der Waals surface area contributed by atoms with E-state index >= 15 is 0 Å². The first-order valence-corrected chi connectivity index (χ1v) is 9.61. The lowest BCUT2D eigenvalue weighted by Crippen LogP contribution is -2.08. The highest BCUT2D eigenvalue weighted by Crippen LogP contribution is 2.47. The van der Waals surface area contributed by atoms with E-state index in [0.717, 1.165) is 18.4 Å². The first-order chi connectivity index (χ1) is 11.3. The third kappa shape index (κ3) is 3.94. The molecule has 1 aromatic heterocycles. The average Bonchev–Trinajstić information content (AvgIpc) is 3.07. The summed E-state index contributed by atoms with van der Waals surface area (Å²) < 4.78 is 28.8. The Kier molecular flexibility index (Phi) is 4.32. The van der Waals surface area contributed by atoms with E-state index in [9.17, 15) is 13.2 Å². The molecular weight excluding hydrogens is 326 g/mol. The Balaban J connectivity index is 1.64. The maximum atomic E-state index is 12.0. The number of rotatable bonds is 5. The third-order valence-corrected chi connectivity index (χ3v) is 5.16. The molecule has 24 heavy (non-hydrogen) atoms. The van der Waals surface area contributed by atoms with E-state index in [4.69, 9.17) is 4.42 Å². The predicted octanol–water partition coefficient (Wildman–Crippen LogP) is 3.46. The first kappa shape index (κ1) is 16.5. The summed E-state index contributed by atoms with van der Waals surface area (Å²) in [5.74, 6) is 2.41. The van der Waals surface area contributed by atoms with E-state index in [0.29, 0.717) is 23.3 Å². The number of furan rings is 1. The molecule has 0 aliphatic heterocycles. The number of amides is 1. The van der Waals surface area contributed by atoms with Crippen molar-refractivity contribution in [3.8, 4) is 0 Å². The lowest BCUT2D eigenvalue weighted by atomic mass is 10.3. The van der Waals surface area contributed by atoms with E-state index in [1.54, 1.807) is 18.2 Å². The van der Waals surface area contributed by atoms with Crippen molar-refractivity contribution in [1.82, 2.24) is 0 Å². The van der Waals surface area contributed by atoms with E-state index in [1.165, 1.54) is 18.2 Å². The van der Waals surface area contributed by atoms with E-state index < -0.39 is 9.84 Å². The molecule has 0 radical (unpaired) electrons. The van der Waals surface area contributed by atoms with Gasteiger partial charge in [0, 0.05) is 23.9 Å². The van der Waals surface area contributed by atoms with Gasteiger partial charge in [0.25, 0.3) is 0 Å². The third-order valence-electron chi connectivity index (χ3n) is 4.05. The van der Waals surface area contributed by atoms with Crippen LogP contribution in [0.3, 0.4) is 0 Å². The van der Waals surface area contributed by atoms with Crippen LogP contribution in [0, 0.1) is 5.92 Å². The van der Waals surface area contributed by atoms with Gasteiger partial charge in [-0.3, -0.25) is 4.79 Å². The summed E-state index contributed by atoms with van der Waals surface area (Å²) in [4.78, 5) is 12.1. The number of carbonyl (C=O) groups is 1. The highest BCUT2D eigenvalue weighted by Gasteiger charge is 2.36. The van der Waals surface area contributed by atoms with Crippen molar-refractivity contribution in [2.45, 2.75) is 24.2 Å². The van der Waals surface area contributed by atoms with Crippen molar-refractivity contribution in [3.63, 3.8) is 0 Å². The monoisotopic (exact) mass is 345 g/mol.